The van der Waals surface area contributed by atoms with E-state index in [-0.39, 0.29) is 5.69 Å². The van der Waals surface area contributed by atoms with E-state index in [0.29, 0.717) is 6.54 Å². The van der Waals surface area contributed by atoms with Crippen molar-refractivity contribution in [3.8, 4) is 0 Å². The molecule has 0 aliphatic heterocycles. The Labute approximate surface area is 121 Å². The fourth-order valence-electron chi connectivity index (χ4n) is 1.84. The van der Waals surface area contributed by atoms with Crippen LogP contribution in [0.15, 0.2) is 24.4 Å². The zero-order valence-corrected chi connectivity index (χ0v) is 12.3. The predicted octanol–water partition coefficient (Wildman–Crippen LogP) is 3.88. The van der Waals surface area contributed by atoms with Crippen molar-refractivity contribution in [1.29, 1.82) is 0 Å². The lowest BCUT2D eigenvalue weighted by Gasteiger charge is -2.16. The second-order valence-corrected chi connectivity index (χ2v) is 5.33. The lowest BCUT2D eigenvalue weighted by atomic mass is 10.3. The summed E-state index contributed by atoms with van der Waals surface area (Å²) in [4.78, 5) is 7.48. The van der Waals surface area contributed by atoms with E-state index in [4.69, 9.17) is 0 Å². The second kappa shape index (κ2) is 6.65. The van der Waals surface area contributed by atoms with Gasteiger partial charge in [-0.05, 0) is 26.0 Å². The zero-order valence-electron chi connectivity index (χ0n) is 11.5. The molecule has 0 bridgehead atoms. The molecule has 20 heavy (non-hydrogen) atoms. The second-order valence-electron chi connectivity index (χ2n) is 4.24. The third-order valence-corrected chi connectivity index (χ3v) is 4.04. The molecule has 0 unspecified atom stereocenters. The van der Waals surface area contributed by atoms with Gasteiger partial charge >= 0.3 is 0 Å². The van der Waals surface area contributed by atoms with Crippen LogP contribution in [0.1, 0.15) is 18.7 Å². The molecule has 2 rings (SSSR count). The van der Waals surface area contributed by atoms with E-state index in [9.17, 15) is 8.78 Å². The number of rotatable bonds is 6. The Kier molecular flexibility index (Phi) is 4.89. The Morgan fingerprint density at radius 3 is 2.70 bits per heavy atom. The highest BCUT2D eigenvalue weighted by atomic mass is 32.1. The minimum Gasteiger partial charge on any atom is -0.378 e. The van der Waals surface area contributed by atoms with Gasteiger partial charge in [0.25, 0.3) is 0 Å². The summed E-state index contributed by atoms with van der Waals surface area (Å²) >= 11 is 1.56. The molecule has 0 fully saturated rings. The third-order valence-electron chi connectivity index (χ3n) is 2.98. The van der Waals surface area contributed by atoms with Crippen molar-refractivity contribution in [1.82, 2.24) is 4.98 Å². The van der Waals surface area contributed by atoms with E-state index >= 15 is 0 Å². The molecule has 1 N–H and O–H groups in total. The molecular weight excluding hydrogens is 280 g/mol. The fraction of sp³-hybridized carbons (Fsp3) is 0.357. The maximum Gasteiger partial charge on any atom is 0.185 e. The van der Waals surface area contributed by atoms with Crippen molar-refractivity contribution in [3.63, 3.8) is 0 Å². The summed E-state index contributed by atoms with van der Waals surface area (Å²) < 4.78 is 26.6. The Balaban J connectivity index is 2.03. The number of hydrogen-bond donors (Lipinski definition) is 1. The molecular formula is C14H17F2N3S. The quantitative estimate of drug-likeness (QED) is 0.877. The van der Waals surface area contributed by atoms with Crippen LogP contribution in [-0.2, 0) is 6.54 Å². The number of hydrogen-bond acceptors (Lipinski definition) is 4. The number of aromatic nitrogens is 1. The summed E-state index contributed by atoms with van der Waals surface area (Å²) in [6, 6.07) is 4.10. The van der Waals surface area contributed by atoms with Crippen molar-refractivity contribution in [2.24, 2.45) is 0 Å². The topological polar surface area (TPSA) is 28.2 Å². The first kappa shape index (κ1) is 14.7. The van der Waals surface area contributed by atoms with Crippen molar-refractivity contribution >= 4 is 22.2 Å². The molecule has 3 nitrogen and oxygen atoms in total. The van der Waals surface area contributed by atoms with Gasteiger partial charge in [-0.3, -0.25) is 0 Å². The Bertz CT molecular complexity index is 567. The highest BCUT2D eigenvalue weighted by molar-refractivity contribution is 7.15. The van der Waals surface area contributed by atoms with E-state index in [2.05, 4.69) is 29.0 Å². The smallest absolute Gasteiger partial charge is 0.185 e. The molecule has 1 aromatic carbocycles. The summed E-state index contributed by atoms with van der Waals surface area (Å²) in [6.07, 6.45) is 1.77. The van der Waals surface area contributed by atoms with E-state index in [1.165, 1.54) is 12.1 Å². The number of anilines is 2. The number of halogens is 2. The van der Waals surface area contributed by atoms with Gasteiger partial charge in [0.15, 0.2) is 16.8 Å². The van der Waals surface area contributed by atoms with Crippen molar-refractivity contribution in [2.75, 3.05) is 23.3 Å². The van der Waals surface area contributed by atoms with Crippen LogP contribution in [0.5, 0.6) is 0 Å². The molecule has 0 spiro atoms. The number of nitrogens with zero attached hydrogens (tertiary/aromatic N) is 2. The predicted molar refractivity (Wildman–Crippen MR) is 79.4 cm³/mol. The SMILES string of the molecule is CCN(CC)c1ncc(CNc2cccc(F)c2F)s1. The average Bonchev–Trinajstić information content (AvgIpc) is 2.91. The van der Waals surface area contributed by atoms with Gasteiger partial charge in [0.2, 0.25) is 0 Å². The van der Waals surface area contributed by atoms with Crippen LogP contribution in [0.25, 0.3) is 0 Å². The molecule has 0 saturated heterocycles. The molecule has 0 saturated carbocycles. The molecule has 0 atom stereocenters. The minimum atomic E-state index is -0.846. The van der Waals surface area contributed by atoms with Gasteiger partial charge in [0, 0.05) is 24.2 Å². The molecule has 108 valence electrons. The van der Waals surface area contributed by atoms with Crippen LogP contribution in [0.4, 0.5) is 19.6 Å². The standard InChI is InChI=1S/C14H17F2N3S/c1-3-19(4-2)14-18-9-10(20-14)8-17-12-7-5-6-11(15)13(12)16/h5-7,9,17H,3-4,8H2,1-2H3. The van der Waals surface area contributed by atoms with Crippen LogP contribution in [0, 0.1) is 11.6 Å². The third kappa shape index (κ3) is 3.25. The summed E-state index contributed by atoms with van der Waals surface area (Å²) in [5.41, 5.74) is 0.169. The summed E-state index contributed by atoms with van der Waals surface area (Å²) in [7, 11) is 0. The summed E-state index contributed by atoms with van der Waals surface area (Å²) in [5, 5.41) is 3.85. The van der Waals surface area contributed by atoms with Crippen molar-refractivity contribution in [2.45, 2.75) is 20.4 Å². The van der Waals surface area contributed by atoms with Gasteiger partial charge in [0.1, 0.15) is 0 Å². The molecule has 1 heterocycles. The largest absolute Gasteiger partial charge is 0.378 e. The van der Waals surface area contributed by atoms with Gasteiger partial charge in [-0.15, -0.1) is 11.3 Å². The van der Waals surface area contributed by atoms with Gasteiger partial charge in [-0.1, -0.05) is 6.07 Å². The van der Waals surface area contributed by atoms with Gasteiger partial charge in [-0.25, -0.2) is 13.8 Å². The Hall–Kier alpha value is -1.69. The van der Waals surface area contributed by atoms with E-state index in [1.807, 2.05) is 0 Å². The van der Waals surface area contributed by atoms with Crippen molar-refractivity contribution in [3.05, 3.63) is 40.9 Å². The Morgan fingerprint density at radius 2 is 2.00 bits per heavy atom. The Morgan fingerprint density at radius 1 is 1.25 bits per heavy atom. The van der Waals surface area contributed by atoms with Crippen LogP contribution < -0.4 is 10.2 Å². The first-order valence-electron chi connectivity index (χ1n) is 6.53. The normalized spacial score (nSPS) is 10.6. The van der Waals surface area contributed by atoms with Gasteiger partial charge in [0.05, 0.1) is 12.2 Å². The lowest BCUT2D eigenvalue weighted by Crippen LogP contribution is -2.21. The first-order valence-corrected chi connectivity index (χ1v) is 7.34. The monoisotopic (exact) mass is 297 g/mol. The minimum absolute atomic E-state index is 0.169. The number of thiazole rings is 1. The number of benzene rings is 1. The highest BCUT2D eigenvalue weighted by Crippen LogP contribution is 2.24. The fourth-order valence-corrected chi connectivity index (χ4v) is 2.82. The first-order chi connectivity index (χ1) is 9.65. The summed E-state index contributed by atoms with van der Waals surface area (Å²) in [6.45, 7) is 6.38. The lowest BCUT2D eigenvalue weighted by molar-refractivity contribution is 0.511. The zero-order chi connectivity index (χ0) is 14.5. The number of nitrogens with one attached hydrogen (secondary N) is 1. The van der Waals surface area contributed by atoms with E-state index in [1.54, 1.807) is 17.5 Å². The molecule has 0 amide bonds. The molecule has 6 heteroatoms. The van der Waals surface area contributed by atoms with Crippen LogP contribution in [-0.4, -0.2) is 18.1 Å². The van der Waals surface area contributed by atoms with Gasteiger partial charge in [-0.2, -0.15) is 0 Å². The van der Waals surface area contributed by atoms with E-state index in [0.717, 1.165) is 29.2 Å². The molecule has 2 aromatic rings. The van der Waals surface area contributed by atoms with Crippen LogP contribution in [0.3, 0.4) is 0 Å². The van der Waals surface area contributed by atoms with Crippen LogP contribution >= 0.6 is 11.3 Å². The van der Waals surface area contributed by atoms with Crippen LogP contribution in [0.2, 0.25) is 0 Å². The molecule has 0 radical (unpaired) electrons. The average molecular weight is 297 g/mol. The maximum absolute atomic E-state index is 13.5. The maximum atomic E-state index is 13.5. The highest BCUT2D eigenvalue weighted by Gasteiger charge is 2.10. The van der Waals surface area contributed by atoms with Gasteiger partial charge < -0.3 is 10.2 Å². The van der Waals surface area contributed by atoms with Crippen molar-refractivity contribution < 1.29 is 8.78 Å². The van der Waals surface area contributed by atoms with E-state index < -0.39 is 11.6 Å². The molecule has 0 aliphatic rings. The summed E-state index contributed by atoms with van der Waals surface area (Å²) in [5.74, 6) is -1.69. The molecule has 0 aliphatic carbocycles. The molecule has 1 aromatic heterocycles.